The Morgan fingerprint density at radius 2 is 0.462 bits per heavy atom. The van der Waals surface area contributed by atoms with Crippen LogP contribution < -0.4 is 20.0 Å². The first-order valence-corrected chi connectivity index (χ1v) is 43.7. The van der Waals surface area contributed by atoms with Gasteiger partial charge in [0.1, 0.15) is 0 Å². The first-order chi connectivity index (χ1) is 59.0. The molecule has 0 spiro atoms. The molecule has 0 fully saturated rings. The maximum Gasteiger partial charge on any atom is 0.0541 e. The van der Waals surface area contributed by atoms with Crippen molar-refractivity contribution in [1.29, 1.82) is 0 Å². The number of anilines is 11. The Morgan fingerprint density at radius 3 is 0.807 bits per heavy atom. The molecule has 2 heterocycles. The van der Waals surface area contributed by atoms with Crippen LogP contribution in [0.3, 0.4) is 0 Å². The SMILES string of the molecule is Brc1ccc(N(c2ccccc2)c2ccc(-n3c4ccccc4c4ccccc43)cc2)cc1.c1ccc(-c2c3c(c(N(c4ccccc4)c4ccc(N(c5ccccc5)c5ccc(-n6c7ccccc7c7ccccc76)cc5)cc4)c4c2CCCC4)CCCC3)cc1.c1ccc(Nc2c3c(c(-c4ccccc4)c4c2CCCC4)CCCC3)cc1. The summed E-state index contributed by atoms with van der Waals surface area (Å²) in [6.07, 6.45) is 19.6. The summed E-state index contributed by atoms with van der Waals surface area (Å²) in [7, 11) is 0. The van der Waals surface area contributed by atoms with Crippen molar-refractivity contribution in [3.05, 3.63) is 425 Å². The second-order valence-corrected chi connectivity index (χ2v) is 33.0. The predicted molar refractivity (Wildman–Crippen MR) is 507 cm³/mol. The highest BCUT2D eigenvalue weighted by Crippen LogP contribution is 2.52. The number of aromatic nitrogens is 2. The molecule has 1 N–H and O–H groups in total. The maximum absolute atomic E-state index is 3.84. The number of nitrogens with zero attached hydrogens (tertiary/aromatic N) is 5. The molecule has 119 heavy (non-hydrogen) atoms. The van der Waals surface area contributed by atoms with Crippen molar-refractivity contribution in [3.63, 3.8) is 0 Å². The van der Waals surface area contributed by atoms with Gasteiger partial charge in [-0.3, -0.25) is 0 Å². The van der Waals surface area contributed by atoms with Crippen molar-refractivity contribution in [2.24, 2.45) is 0 Å². The molecule has 0 bridgehead atoms. The zero-order valence-corrected chi connectivity index (χ0v) is 68.8. The molecule has 18 aromatic rings. The van der Waals surface area contributed by atoms with E-state index in [0.29, 0.717) is 0 Å². The predicted octanol–water partition coefficient (Wildman–Crippen LogP) is 31.0. The van der Waals surface area contributed by atoms with Crippen molar-refractivity contribution in [3.8, 4) is 33.6 Å². The monoisotopic (exact) mass is 1600 g/mol. The van der Waals surface area contributed by atoms with Crippen LogP contribution in [-0.4, -0.2) is 9.13 Å². The highest BCUT2D eigenvalue weighted by molar-refractivity contribution is 9.10. The lowest BCUT2D eigenvalue weighted by Gasteiger charge is -2.37. The summed E-state index contributed by atoms with van der Waals surface area (Å²) in [6.45, 7) is 0. The number of benzene rings is 16. The lowest BCUT2D eigenvalue weighted by molar-refractivity contribution is 0.661. The number of halogens is 1. The molecule has 0 radical (unpaired) electrons. The summed E-state index contributed by atoms with van der Waals surface area (Å²) in [4.78, 5) is 7.26. The second-order valence-electron chi connectivity index (χ2n) is 32.1. The number of para-hydroxylation sites is 8. The van der Waals surface area contributed by atoms with Crippen LogP contribution >= 0.6 is 15.9 Å². The Bertz CT molecular complexity index is 6420. The molecule has 2 aromatic heterocycles. The van der Waals surface area contributed by atoms with Crippen molar-refractivity contribution in [1.82, 2.24) is 9.13 Å². The van der Waals surface area contributed by atoms with E-state index in [-0.39, 0.29) is 0 Å². The zero-order valence-electron chi connectivity index (χ0n) is 67.2. The highest BCUT2D eigenvalue weighted by atomic mass is 79.9. The minimum atomic E-state index is 1.07. The molecule has 4 aliphatic carbocycles. The molecule has 6 nitrogen and oxygen atoms in total. The molecule has 16 aromatic carbocycles. The van der Waals surface area contributed by atoms with Gasteiger partial charge >= 0.3 is 0 Å². The molecule has 0 saturated heterocycles. The fourth-order valence-corrected chi connectivity index (χ4v) is 20.1. The third-order valence-electron chi connectivity index (χ3n) is 25.0. The summed E-state index contributed by atoms with van der Waals surface area (Å²) in [5, 5.41) is 8.94. The minimum absolute atomic E-state index is 1.07. The van der Waals surface area contributed by atoms with Crippen molar-refractivity contribution in [2.75, 3.05) is 20.0 Å². The molecule has 0 aliphatic heterocycles. The lowest BCUT2D eigenvalue weighted by Crippen LogP contribution is -2.22. The van der Waals surface area contributed by atoms with E-state index in [9.17, 15) is 0 Å². The number of fused-ring (bicyclic) bond motifs is 10. The smallest absolute Gasteiger partial charge is 0.0541 e. The van der Waals surface area contributed by atoms with Gasteiger partial charge in [0.2, 0.25) is 0 Å². The van der Waals surface area contributed by atoms with Gasteiger partial charge in [0, 0.05) is 94.3 Å². The van der Waals surface area contributed by atoms with Gasteiger partial charge < -0.3 is 29.2 Å². The van der Waals surface area contributed by atoms with E-state index in [0.717, 1.165) is 75.7 Å². The summed E-state index contributed by atoms with van der Waals surface area (Å²) in [5.74, 6) is 0. The van der Waals surface area contributed by atoms with E-state index < -0.39 is 0 Å². The Kier molecular flexibility index (Phi) is 21.2. The molecule has 0 amide bonds. The fraction of sp³-hybridized carbons (Fsp3) is 0.143. The molecular weight excluding hydrogens is 1510 g/mol. The van der Waals surface area contributed by atoms with Crippen LogP contribution in [0.2, 0.25) is 0 Å². The van der Waals surface area contributed by atoms with Crippen LogP contribution in [0.5, 0.6) is 0 Å². The van der Waals surface area contributed by atoms with Gasteiger partial charge in [-0.1, -0.05) is 222 Å². The summed E-state index contributed by atoms with van der Waals surface area (Å²) >= 11 is 3.56. The van der Waals surface area contributed by atoms with Crippen molar-refractivity contribution >= 4 is 122 Å². The first kappa shape index (κ1) is 74.6. The molecule has 0 unspecified atom stereocenters. The van der Waals surface area contributed by atoms with Crippen LogP contribution in [0.1, 0.15) is 95.9 Å². The van der Waals surface area contributed by atoms with Crippen molar-refractivity contribution < 1.29 is 0 Å². The van der Waals surface area contributed by atoms with Crippen LogP contribution in [-0.2, 0) is 51.4 Å². The average molecular weight is 1600 g/mol. The first-order valence-electron chi connectivity index (χ1n) is 42.9. The largest absolute Gasteiger partial charge is 0.355 e. The van der Waals surface area contributed by atoms with E-state index in [4.69, 9.17) is 0 Å². The normalized spacial score (nSPS) is 13.4. The average Bonchev–Trinajstić information content (AvgIpc) is 1.51. The van der Waals surface area contributed by atoms with Gasteiger partial charge in [0.05, 0.1) is 27.8 Å². The van der Waals surface area contributed by atoms with Gasteiger partial charge in [0.15, 0.2) is 0 Å². The third kappa shape index (κ3) is 14.7. The standard InChI is InChI=1S/C56H47N3.C30H21BrN2.C26H27N/c1-4-18-40(19-5-1)55-49-26-10-12-28-51(49)56(52-29-13-11-27-50(52)55)58(42-22-8-3-9-23-42)45-36-32-43(33-37-45)57(41-20-6-2-7-21-41)44-34-38-46(39-35-44)59-53-30-16-14-24-47(53)48-25-15-17-31-54(48)59;31-22-14-16-24(17-15-22)32(23-8-2-1-3-9-23)25-18-20-26(21-19-25)33-29-12-6-4-10-27(29)28-11-5-7-13-30(28)33;1-3-11-19(12-4-1)25-21-15-7-9-17-23(21)26(24-18-10-8-16-22(24)25)27-20-13-5-2-6-14-20/h1-9,14-25,30-39H,10-13,26-29H2;1-21H;1-6,11-14,27H,7-10,15-18H2. The van der Waals surface area contributed by atoms with Gasteiger partial charge in [-0.2, -0.15) is 0 Å². The molecule has 22 rings (SSSR count). The Hall–Kier alpha value is -13.2. The van der Waals surface area contributed by atoms with E-state index in [1.165, 1.54) is 166 Å². The van der Waals surface area contributed by atoms with Crippen LogP contribution in [0.4, 0.5) is 62.6 Å². The van der Waals surface area contributed by atoms with Gasteiger partial charge in [-0.05, 0) is 339 Å². The molecule has 0 saturated carbocycles. The number of rotatable bonds is 15. The second kappa shape index (κ2) is 33.8. The van der Waals surface area contributed by atoms with E-state index in [1.54, 1.807) is 50.1 Å². The number of hydrogen-bond acceptors (Lipinski definition) is 4. The van der Waals surface area contributed by atoms with E-state index in [2.05, 4.69) is 421 Å². The topological polar surface area (TPSA) is 31.6 Å². The van der Waals surface area contributed by atoms with Gasteiger partial charge in [-0.15, -0.1) is 0 Å². The van der Waals surface area contributed by atoms with Gasteiger partial charge in [0.25, 0.3) is 0 Å². The van der Waals surface area contributed by atoms with Crippen molar-refractivity contribution in [2.45, 2.75) is 103 Å². The van der Waals surface area contributed by atoms with E-state index in [1.807, 2.05) is 0 Å². The quantitative estimate of drug-likeness (QED) is 0.111. The summed E-state index contributed by atoms with van der Waals surface area (Å²) < 4.78 is 5.81. The lowest BCUT2D eigenvalue weighted by atomic mass is 9.75. The zero-order chi connectivity index (χ0) is 79.4. The molecule has 7 heteroatoms. The van der Waals surface area contributed by atoms with Crippen LogP contribution in [0.25, 0.3) is 77.2 Å². The van der Waals surface area contributed by atoms with Gasteiger partial charge in [-0.25, -0.2) is 0 Å². The Labute approximate surface area is 707 Å². The number of nitrogens with one attached hydrogen (secondary N) is 1. The molecule has 0 atom stereocenters. The molecule has 580 valence electrons. The van der Waals surface area contributed by atoms with Crippen LogP contribution in [0, 0.1) is 0 Å². The highest BCUT2D eigenvalue weighted by Gasteiger charge is 2.33. The fourth-order valence-electron chi connectivity index (χ4n) is 19.8. The maximum atomic E-state index is 3.84. The number of hydrogen-bond donors (Lipinski definition) is 1. The summed E-state index contributed by atoms with van der Waals surface area (Å²) in [5.41, 5.74) is 39.0. The molecular formula is C112H95BrN6. The van der Waals surface area contributed by atoms with Crippen LogP contribution in [0.15, 0.2) is 381 Å². The minimum Gasteiger partial charge on any atom is -0.355 e. The molecule has 4 aliphatic rings. The Balaban J connectivity index is 0.000000127. The van der Waals surface area contributed by atoms with E-state index >= 15 is 0 Å². The summed E-state index contributed by atoms with van der Waals surface area (Å²) in [6, 6.07) is 136. The third-order valence-corrected chi connectivity index (χ3v) is 25.6. The Morgan fingerprint density at radius 1 is 0.218 bits per heavy atom.